The first-order chi connectivity index (χ1) is 12.4. The normalized spacial score (nSPS) is 17.5. The summed E-state index contributed by atoms with van der Waals surface area (Å²) in [7, 11) is 4.05. The summed E-state index contributed by atoms with van der Waals surface area (Å²) < 4.78 is 0. The molecule has 1 aromatic carbocycles. The maximum atomic E-state index is 4.41. The highest BCUT2D eigenvalue weighted by Crippen LogP contribution is 2.13. The van der Waals surface area contributed by atoms with E-state index in [1.165, 1.54) is 16.7 Å². The average molecular weight is 487 g/mol. The Morgan fingerprint density at radius 3 is 2.33 bits per heavy atom. The molecule has 6 heteroatoms. The van der Waals surface area contributed by atoms with E-state index in [-0.39, 0.29) is 24.0 Å². The van der Waals surface area contributed by atoms with Crippen LogP contribution in [0, 0.1) is 19.8 Å². The maximum absolute atomic E-state index is 4.41. The average Bonchev–Trinajstić information content (AvgIpc) is 2.60. The van der Waals surface area contributed by atoms with E-state index < -0.39 is 0 Å². The summed E-state index contributed by atoms with van der Waals surface area (Å²) in [5.41, 5.74) is 3.95. The van der Waals surface area contributed by atoms with Crippen LogP contribution < -0.4 is 10.6 Å². The molecule has 1 aliphatic heterocycles. The Bertz CT molecular complexity index is 594. The van der Waals surface area contributed by atoms with Crippen LogP contribution in [0.15, 0.2) is 23.2 Å². The molecule has 1 unspecified atom stereocenters. The van der Waals surface area contributed by atoms with Crippen molar-refractivity contribution < 1.29 is 0 Å². The summed E-state index contributed by atoms with van der Waals surface area (Å²) in [6.07, 6.45) is 0. The molecule has 2 rings (SSSR count). The Kier molecular flexibility index (Phi) is 10.6. The predicted octanol–water partition coefficient (Wildman–Crippen LogP) is 2.86. The SMILES string of the molecule is CN=C(NCc1ccc(C)cc1C)NCC(C(C)C)N1CCN(C)CC1.I. The zero-order valence-corrected chi connectivity index (χ0v) is 20.2. The van der Waals surface area contributed by atoms with Gasteiger partial charge in [-0.25, -0.2) is 0 Å². The fourth-order valence-corrected chi connectivity index (χ4v) is 3.58. The van der Waals surface area contributed by atoms with E-state index in [2.05, 4.69) is 78.4 Å². The molecule has 0 spiro atoms. The first kappa shape index (κ1) is 24.2. The zero-order chi connectivity index (χ0) is 19.1. The van der Waals surface area contributed by atoms with E-state index in [1.807, 2.05) is 7.05 Å². The second-order valence-electron chi connectivity index (χ2n) is 7.89. The van der Waals surface area contributed by atoms with Crippen molar-refractivity contribution in [3.8, 4) is 0 Å². The molecule has 0 aromatic heterocycles. The number of hydrogen-bond acceptors (Lipinski definition) is 3. The number of aliphatic imine (C=N–C) groups is 1. The van der Waals surface area contributed by atoms with Gasteiger partial charge < -0.3 is 15.5 Å². The van der Waals surface area contributed by atoms with Crippen molar-refractivity contribution in [3.05, 3.63) is 34.9 Å². The summed E-state index contributed by atoms with van der Waals surface area (Å²) in [6, 6.07) is 7.13. The standard InChI is InChI=1S/C21H37N5.HI/c1-16(2)20(26-11-9-25(6)10-12-26)15-24-21(22-5)23-14-19-8-7-17(3)13-18(19)4;/h7-8,13,16,20H,9-12,14-15H2,1-6H3,(H2,22,23,24);1H. The van der Waals surface area contributed by atoms with Gasteiger partial charge in [-0.05, 0) is 37.9 Å². The summed E-state index contributed by atoms with van der Waals surface area (Å²) in [4.78, 5) is 9.44. The molecular weight excluding hydrogens is 449 g/mol. The highest BCUT2D eigenvalue weighted by Gasteiger charge is 2.25. The topological polar surface area (TPSA) is 42.9 Å². The number of halogens is 1. The highest BCUT2D eigenvalue weighted by atomic mass is 127. The van der Waals surface area contributed by atoms with Gasteiger partial charge >= 0.3 is 0 Å². The lowest BCUT2D eigenvalue weighted by molar-refractivity contribution is 0.0900. The van der Waals surface area contributed by atoms with Crippen molar-refractivity contribution in [2.24, 2.45) is 10.9 Å². The molecule has 0 amide bonds. The van der Waals surface area contributed by atoms with Crippen molar-refractivity contribution in [2.45, 2.75) is 40.3 Å². The Balaban J connectivity index is 0.00000364. The Labute approximate surface area is 183 Å². The van der Waals surface area contributed by atoms with Gasteiger partial charge in [0.05, 0.1) is 0 Å². The summed E-state index contributed by atoms with van der Waals surface area (Å²) in [5, 5.41) is 7.01. The molecule has 1 atom stereocenters. The molecule has 1 aliphatic rings. The molecule has 1 aromatic rings. The zero-order valence-electron chi connectivity index (χ0n) is 17.9. The van der Waals surface area contributed by atoms with Gasteiger partial charge in [0.1, 0.15) is 0 Å². The third-order valence-corrected chi connectivity index (χ3v) is 5.42. The van der Waals surface area contributed by atoms with Crippen LogP contribution in [-0.2, 0) is 6.54 Å². The highest BCUT2D eigenvalue weighted by molar-refractivity contribution is 14.0. The lowest BCUT2D eigenvalue weighted by Crippen LogP contribution is -2.55. The number of aryl methyl sites for hydroxylation is 2. The Hall–Kier alpha value is -0.860. The molecule has 1 saturated heterocycles. The molecule has 0 aliphatic carbocycles. The van der Waals surface area contributed by atoms with Crippen LogP contribution in [0.3, 0.4) is 0 Å². The minimum absolute atomic E-state index is 0. The molecule has 5 nitrogen and oxygen atoms in total. The molecule has 27 heavy (non-hydrogen) atoms. The molecule has 0 saturated carbocycles. The predicted molar refractivity (Wildman–Crippen MR) is 127 cm³/mol. The molecule has 0 bridgehead atoms. The van der Waals surface area contributed by atoms with E-state index in [0.717, 1.165) is 45.2 Å². The number of hydrogen-bond donors (Lipinski definition) is 2. The first-order valence-corrected chi connectivity index (χ1v) is 9.84. The number of likely N-dealkylation sites (N-methyl/N-ethyl adjacent to an activating group) is 1. The van der Waals surface area contributed by atoms with E-state index in [1.54, 1.807) is 0 Å². The number of rotatable bonds is 6. The number of nitrogens with zero attached hydrogens (tertiary/aromatic N) is 3. The summed E-state index contributed by atoms with van der Waals surface area (Å²) in [6.45, 7) is 15.3. The third kappa shape index (κ3) is 7.58. The molecule has 1 fully saturated rings. The number of benzene rings is 1. The third-order valence-electron chi connectivity index (χ3n) is 5.42. The van der Waals surface area contributed by atoms with Gasteiger partial charge in [-0.15, -0.1) is 24.0 Å². The monoisotopic (exact) mass is 487 g/mol. The minimum atomic E-state index is 0. The van der Waals surface area contributed by atoms with Gasteiger partial charge in [-0.3, -0.25) is 9.89 Å². The Morgan fingerprint density at radius 1 is 1.11 bits per heavy atom. The number of piperazine rings is 1. The smallest absolute Gasteiger partial charge is 0.191 e. The fraction of sp³-hybridized carbons (Fsp3) is 0.667. The molecule has 0 radical (unpaired) electrons. The molecule has 1 heterocycles. The lowest BCUT2D eigenvalue weighted by Gasteiger charge is -2.40. The lowest BCUT2D eigenvalue weighted by atomic mass is 10.0. The van der Waals surface area contributed by atoms with Crippen LogP contribution in [0.1, 0.15) is 30.5 Å². The van der Waals surface area contributed by atoms with Crippen molar-refractivity contribution >= 4 is 29.9 Å². The van der Waals surface area contributed by atoms with Crippen LogP contribution >= 0.6 is 24.0 Å². The largest absolute Gasteiger partial charge is 0.355 e. The van der Waals surface area contributed by atoms with Gasteiger partial charge in [0.25, 0.3) is 0 Å². The van der Waals surface area contributed by atoms with Gasteiger partial charge in [-0.1, -0.05) is 37.6 Å². The van der Waals surface area contributed by atoms with Crippen LogP contribution in [-0.4, -0.2) is 68.6 Å². The minimum Gasteiger partial charge on any atom is -0.355 e. The number of nitrogens with one attached hydrogen (secondary N) is 2. The van der Waals surface area contributed by atoms with Gasteiger partial charge in [0.15, 0.2) is 5.96 Å². The van der Waals surface area contributed by atoms with E-state index in [0.29, 0.717) is 12.0 Å². The molecular formula is C21H38IN5. The van der Waals surface area contributed by atoms with E-state index >= 15 is 0 Å². The van der Waals surface area contributed by atoms with Crippen LogP contribution in [0.4, 0.5) is 0 Å². The maximum Gasteiger partial charge on any atom is 0.191 e. The fourth-order valence-electron chi connectivity index (χ4n) is 3.58. The van der Waals surface area contributed by atoms with Crippen LogP contribution in [0.25, 0.3) is 0 Å². The van der Waals surface area contributed by atoms with Crippen molar-refractivity contribution in [1.82, 2.24) is 20.4 Å². The second kappa shape index (κ2) is 11.9. The van der Waals surface area contributed by atoms with Crippen LogP contribution in [0.5, 0.6) is 0 Å². The molecule has 154 valence electrons. The van der Waals surface area contributed by atoms with Crippen LogP contribution in [0.2, 0.25) is 0 Å². The Morgan fingerprint density at radius 2 is 1.78 bits per heavy atom. The first-order valence-electron chi connectivity index (χ1n) is 9.84. The summed E-state index contributed by atoms with van der Waals surface area (Å²) in [5.74, 6) is 1.49. The second-order valence-corrected chi connectivity index (χ2v) is 7.89. The van der Waals surface area contributed by atoms with E-state index in [4.69, 9.17) is 0 Å². The van der Waals surface area contributed by atoms with E-state index in [9.17, 15) is 0 Å². The quantitative estimate of drug-likeness (QED) is 0.368. The van der Waals surface area contributed by atoms with Crippen molar-refractivity contribution in [1.29, 1.82) is 0 Å². The van der Waals surface area contributed by atoms with Gasteiger partial charge in [0.2, 0.25) is 0 Å². The van der Waals surface area contributed by atoms with Crippen molar-refractivity contribution in [2.75, 3.05) is 46.8 Å². The van der Waals surface area contributed by atoms with Gasteiger partial charge in [-0.2, -0.15) is 0 Å². The van der Waals surface area contributed by atoms with Crippen molar-refractivity contribution in [3.63, 3.8) is 0 Å². The number of guanidine groups is 1. The summed E-state index contributed by atoms with van der Waals surface area (Å²) >= 11 is 0. The molecule has 2 N–H and O–H groups in total. The van der Waals surface area contributed by atoms with Gasteiger partial charge in [0, 0.05) is 52.4 Å².